The molecule has 0 saturated carbocycles. The van der Waals surface area contributed by atoms with Crippen molar-refractivity contribution in [2.75, 3.05) is 75.0 Å². The second kappa shape index (κ2) is 29.8. The summed E-state index contributed by atoms with van der Waals surface area (Å²) in [4.78, 5) is 79.9. The summed E-state index contributed by atoms with van der Waals surface area (Å²) in [5.41, 5.74) is 12.3. The Hall–Kier alpha value is -13.1. The Bertz CT molecular complexity index is 6210. The van der Waals surface area contributed by atoms with Gasteiger partial charge in [-0.2, -0.15) is 13.7 Å². The van der Waals surface area contributed by atoms with Gasteiger partial charge >= 0.3 is 5.69 Å². The number of aromatic carboxylic acids is 2. The van der Waals surface area contributed by atoms with Crippen LogP contribution in [-0.4, -0.2) is 95.3 Å². The van der Waals surface area contributed by atoms with Gasteiger partial charge in [0.1, 0.15) is 35.1 Å². The van der Waals surface area contributed by atoms with Crippen LogP contribution in [0.5, 0.6) is 17.2 Å². The van der Waals surface area contributed by atoms with Crippen molar-refractivity contribution in [3.05, 3.63) is 290 Å². The second-order valence-corrected chi connectivity index (χ2v) is 31.8. The van der Waals surface area contributed by atoms with Gasteiger partial charge < -0.3 is 64.3 Å². The smallest absolute Gasteiger partial charge is 0.304 e. The number of ether oxygens (including phenoxy) is 1. The van der Waals surface area contributed by atoms with Gasteiger partial charge in [0, 0.05) is 206 Å². The molecule has 0 bridgehead atoms. The lowest BCUT2D eigenvalue weighted by molar-refractivity contribution is -0.637. The molecule has 21 heteroatoms. The zero-order valence-electron chi connectivity index (χ0n) is 66.1. The maximum Gasteiger partial charge on any atom is 0.304 e. The number of phenols is 1. The van der Waals surface area contributed by atoms with Crippen molar-refractivity contribution in [2.24, 2.45) is 0 Å². The quantitative estimate of drug-likeness (QED) is 0.0476. The molecule has 20 nitrogen and oxygen atoms in total. The molecule has 0 spiro atoms. The Morgan fingerprint density at radius 2 is 1.15 bits per heavy atom. The second-order valence-electron chi connectivity index (χ2n) is 30.7. The van der Waals surface area contributed by atoms with Gasteiger partial charge in [0.05, 0.1) is 46.8 Å². The summed E-state index contributed by atoms with van der Waals surface area (Å²) in [7, 11) is 11.8. The predicted molar refractivity (Wildman–Crippen MR) is 442 cm³/mol. The van der Waals surface area contributed by atoms with Gasteiger partial charge in [0.2, 0.25) is 11.0 Å². The van der Waals surface area contributed by atoms with E-state index in [1.165, 1.54) is 36.0 Å². The Kier molecular flexibility index (Phi) is 20.0. The molecule has 5 aliphatic rings. The van der Waals surface area contributed by atoms with Crippen molar-refractivity contribution in [3.8, 4) is 56.8 Å². The van der Waals surface area contributed by atoms with Crippen molar-refractivity contribution in [1.82, 2.24) is 15.2 Å². The third-order valence-electron chi connectivity index (χ3n) is 21.9. The van der Waals surface area contributed by atoms with Crippen molar-refractivity contribution >= 4 is 86.0 Å². The first-order valence-corrected chi connectivity index (χ1v) is 38.7. The highest BCUT2D eigenvalue weighted by Gasteiger charge is 2.45. The first-order chi connectivity index (χ1) is 54.5. The van der Waals surface area contributed by atoms with Crippen LogP contribution in [0.25, 0.3) is 67.2 Å². The van der Waals surface area contributed by atoms with E-state index < -0.39 is 23.3 Å². The van der Waals surface area contributed by atoms with Gasteiger partial charge in [-0.1, -0.05) is 54.2 Å². The van der Waals surface area contributed by atoms with Crippen LogP contribution < -0.4 is 79.5 Å². The van der Waals surface area contributed by atoms with E-state index in [0.717, 1.165) is 55.3 Å². The summed E-state index contributed by atoms with van der Waals surface area (Å²) in [6.07, 6.45) is 16.2. The average molecular weight is 1540 g/mol. The number of nitrogens with one attached hydrogen (secondary N) is 2. The van der Waals surface area contributed by atoms with E-state index in [1.807, 2.05) is 156 Å². The van der Waals surface area contributed by atoms with Crippen LogP contribution in [0.3, 0.4) is 0 Å². The number of allylic oxidation sites excluding steroid dienone is 2. The lowest BCUT2D eigenvalue weighted by Gasteiger charge is -2.43. The molecule has 114 heavy (non-hydrogen) atoms. The Morgan fingerprint density at radius 3 is 1.74 bits per heavy atom. The number of carboxylic acids is 2. The number of benzene rings is 8. The lowest BCUT2D eigenvalue weighted by Crippen LogP contribution is -2.49. The number of nitrogens with zero attached hydrogens (tertiary/aromatic N) is 8. The molecule has 7 heterocycles. The number of aromatic nitrogens is 3. The number of carbonyl (C=O) groups excluding carboxylic acids is 4. The summed E-state index contributed by atoms with van der Waals surface area (Å²) >= 11 is 1.43. The van der Waals surface area contributed by atoms with Gasteiger partial charge in [-0.25, -0.2) is 4.58 Å². The molecule has 0 fully saturated rings. The number of aromatic hydroxyl groups is 1. The number of rotatable bonds is 20. The summed E-state index contributed by atoms with van der Waals surface area (Å²) in [6, 6.07) is 48.3. The van der Waals surface area contributed by atoms with Gasteiger partial charge in [0.15, 0.2) is 53.0 Å². The lowest BCUT2D eigenvalue weighted by atomic mass is 9.82. The van der Waals surface area contributed by atoms with E-state index in [1.54, 1.807) is 66.7 Å². The topological polar surface area (TPSA) is 226 Å². The van der Waals surface area contributed by atoms with Gasteiger partial charge in [-0.05, 0) is 143 Å². The number of anilines is 4. The monoisotopic (exact) mass is 1540 g/mol. The molecule has 0 saturated heterocycles. The Morgan fingerprint density at radius 1 is 0.570 bits per heavy atom. The Labute approximate surface area is 665 Å². The number of amides is 2. The molecule has 0 radical (unpaired) electrons. The Balaban J connectivity index is 0.846. The summed E-state index contributed by atoms with van der Waals surface area (Å²) in [5.74, 6) is -2.58. The minimum absolute atomic E-state index is 0.0792. The number of hydrogen-bond acceptors (Lipinski definition) is 15. The molecule has 1 aliphatic carbocycles. The van der Waals surface area contributed by atoms with E-state index in [0.29, 0.717) is 102 Å². The third-order valence-corrected chi connectivity index (χ3v) is 23.0. The van der Waals surface area contributed by atoms with Gasteiger partial charge in [0.25, 0.3) is 17.5 Å². The minimum atomic E-state index is -1.42. The van der Waals surface area contributed by atoms with Crippen LogP contribution in [0.15, 0.2) is 232 Å². The predicted octanol–water partition coefficient (Wildman–Crippen LogP) is 11.1. The molecule has 7 aromatic carbocycles. The van der Waals surface area contributed by atoms with Gasteiger partial charge in [-0.15, -0.1) is 0 Å². The normalized spacial score (nSPS) is 13.7. The van der Waals surface area contributed by atoms with E-state index in [-0.39, 0.29) is 69.4 Å². The molecule has 3 aromatic heterocycles. The van der Waals surface area contributed by atoms with Crippen molar-refractivity contribution in [1.29, 1.82) is 0 Å². The minimum Gasteiger partial charge on any atom is -0.545 e. The van der Waals surface area contributed by atoms with Crippen molar-refractivity contribution < 1.29 is 57.4 Å². The van der Waals surface area contributed by atoms with Crippen LogP contribution in [0.4, 0.5) is 22.7 Å². The fourth-order valence-electron chi connectivity index (χ4n) is 16.5. The number of hydrogen-bond donors (Lipinski definition) is 3. The molecule has 3 N–H and O–H groups in total. The van der Waals surface area contributed by atoms with Crippen molar-refractivity contribution in [2.45, 2.75) is 89.3 Å². The fourth-order valence-corrected chi connectivity index (χ4v) is 17.6. The first kappa shape index (κ1) is 76.2. The molecule has 0 unspecified atom stereocenters. The van der Waals surface area contributed by atoms with Crippen LogP contribution in [0.1, 0.15) is 130 Å². The SMILES string of the molecule is CCN1c2cc3c(cc2C(C)=CC1(C)C)C(c1c(C(=O)[O-])c(-[n+]2ccc(N(C)C)cc2)c(-[n+]2ccc(N(C)C)cc2)c(Sc2ccc(C(=O)NCc4ccc(C(=O)NCc5c6oc7cc(O)ccc7c(-c7ccccc7C(=O)[O-])c-6ccc5=O)cc4)cc2)c1-[n+]1ccc(N(C)C)cc1)=c1cc2c(cc1O3)=[N+](CC)C(C)(C)C=C2C. The molecule has 574 valence electrons. The number of likely N-dealkylation sites (N-methyl/N-ethyl adjacent to an activating group) is 2. The van der Waals surface area contributed by atoms with Crippen LogP contribution in [0, 0.1) is 0 Å². The van der Waals surface area contributed by atoms with Crippen LogP contribution >= 0.6 is 11.8 Å². The summed E-state index contributed by atoms with van der Waals surface area (Å²) in [6.45, 7) is 18.7. The molecular weight excluding hydrogens is 1450 g/mol. The van der Waals surface area contributed by atoms with Crippen molar-refractivity contribution in [3.63, 3.8) is 0 Å². The average Bonchev–Trinajstić information content (AvgIpc) is 0.699. The highest BCUT2D eigenvalue weighted by molar-refractivity contribution is 7.99. The molecular formula is C93H88N10O10S+2. The molecule has 15 rings (SSSR count). The summed E-state index contributed by atoms with van der Waals surface area (Å²) < 4.78 is 22.0. The standard InChI is InChI=1S/C93H86N10O10S/c1-15-102-73-48-77-70(46-68(73)54(3)50-92(102,5)6)80(71-47-69-55(4)51-93(7,8)103(16-2)74(69)49-78(71)112-77)81-82(91(110)111)83(99-39-33-59(34-40-99)96(9)10)85(101-43-37-61(38-44-101)98(13)14)87(84(81)100-41-35-60(36-42-100)97(11)12)114-63-28-25-58(26-29-63)88(106)94-52-56-21-23-57(24-22-56)89(107)95-53-72-75(105)32-31-67-79(64-19-17-18-20-65(64)90(108)109)66-30-27-62(104)45-76(66)113-86(67)72/h17-51H,15-16,52-53H2,1-14H3,(H-4,94,95,104,105,106,107,108,109,110,111)/p+2. The highest BCUT2D eigenvalue weighted by Crippen LogP contribution is 2.51. The fraction of sp³-hybridized carbons (Fsp3) is 0.215. The zero-order chi connectivity index (χ0) is 80.7. The number of fused-ring (bicyclic) bond motifs is 6. The summed E-state index contributed by atoms with van der Waals surface area (Å²) in [5, 5.41) is 46.6. The number of carbonyl (C=O) groups is 4. The van der Waals surface area contributed by atoms with Crippen LogP contribution in [0.2, 0.25) is 0 Å². The highest BCUT2D eigenvalue weighted by atomic mass is 32.2. The van der Waals surface area contributed by atoms with Gasteiger partial charge in [-0.3, -0.25) is 14.4 Å². The number of carboxylic acid groups (broad SMARTS) is 2. The first-order valence-electron chi connectivity index (χ1n) is 37.9. The largest absolute Gasteiger partial charge is 0.545 e. The van der Waals surface area contributed by atoms with E-state index in [4.69, 9.17) is 9.15 Å². The molecule has 2 amide bonds. The number of pyridine rings is 3. The van der Waals surface area contributed by atoms with E-state index >= 15 is 9.90 Å². The molecule has 4 aliphatic heterocycles. The molecule has 10 aromatic rings. The van der Waals surface area contributed by atoms with E-state index in [2.05, 4.69) is 112 Å². The maximum absolute atomic E-state index is 15.6. The maximum atomic E-state index is 15.6. The third kappa shape index (κ3) is 13.8. The van der Waals surface area contributed by atoms with E-state index in [9.17, 15) is 29.4 Å². The van der Waals surface area contributed by atoms with Crippen LogP contribution in [-0.2, 0) is 13.1 Å². The number of phenolic OH excluding ortho intramolecular Hbond substituents is 1. The zero-order valence-corrected chi connectivity index (χ0v) is 67.0. The molecule has 0 atom stereocenters.